The number of fused-ring (bicyclic) bond motifs is 1. The van der Waals surface area contributed by atoms with Gasteiger partial charge in [-0.3, -0.25) is 9.20 Å². The number of ether oxygens (including phenoxy) is 1. The fraction of sp³-hybridized carbons (Fsp3) is 0.538. The molecule has 2 aromatic heterocycles. The molecule has 0 unspecified atom stereocenters. The minimum atomic E-state index is -0.473. The molecule has 0 aliphatic rings. The van der Waals surface area contributed by atoms with Crippen LogP contribution in [0, 0.1) is 13.8 Å². The zero-order valence-electron chi connectivity index (χ0n) is 12.3. The normalized spacial score (nSPS) is 11.8. The van der Waals surface area contributed by atoms with Crippen molar-refractivity contribution in [3.8, 4) is 0 Å². The lowest BCUT2D eigenvalue weighted by molar-refractivity contribution is -0.151. The Labute approximate surface area is 121 Å². The average molecular weight is 294 g/mol. The number of esters is 1. The van der Waals surface area contributed by atoms with Crippen molar-refractivity contribution in [2.45, 2.75) is 45.4 Å². The summed E-state index contributed by atoms with van der Waals surface area (Å²) in [4.78, 5) is 16.0. The summed E-state index contributed by atoms with van der Waals surface area (Å²) in [6.07, 6.45) is 0. The maximum absolute atomic E-state index is 11.7. The van der Waals surface area contributed by atoms with Gasteiger partial charge >= 0.3 is 5.97 Å². The van der Waals surface area contributed by atoms with Crippen LogP contribution in [0.4, 0.5) is 0 Å². The Morgan fingerprint density at radius 1 is 1.35 bits per heavy atom. The molecule has 2 aromatic rings. The van der Waals surface area contributed by atoms with Gasteiger partial charge in [0.05, 0.1) is 5.75 Å². The molecule has 0 amide bonds. The Morgan fingerprint density at radius 2 is 2.05 bits per heavy atom. The lowest BCUT2D eigenvalue weighted by atomic mass is 10.2. The van der Waals surface area contributed by atoms with Crippen LogP contribution in [-0.2, 0) is 9.53 Å². The van der Waals surface area contributed by atoms with Crippen molar-refractivity contribution in [2.24, 2.45) is 0 Å². The molecular formula is C13H18N4O2S. The van der Waals surface area contributed by atoms with E-state index in [1.807, 2.05) is 45.1 Å². The van der Waals surface area contributed by atoms with Crippen LogP contribution in [0.25, 0.3) is 5.78 Å². The quantitative estimate of drug-likeness (QED) is 0.638. The average Bonchev–Trinajstić information content (AvgIpc) is 2.67. The molecule has 7 heteroatoms. The minimum Gasteiger partial charge on any atom is -0.459 e. The first-order chi connectivity index (χ1) is 9.26. The van der Waals surface area contributed by atoms with Gasteiger partial charge in [0.2, 0.25) is 0 Å². The monoisotopic (exact) mass is 294 g/mol. The molecular weight excluding hydrogens is 276 g/mol. The molecule has 0 atom stereocenters. The molecule has 2 rings (SSSR count). The van der Waals surface area contributed by atoms with Gasteiger partial charge < -0.3 is 4.74 Å². The van der Waals surface area contributed by atoms with Gasteiger partial charge in [0.25, 0.3) is 5.78 Å². The van der Waals surface area contributed by atoms with Gasteiger partial charge in [-0.15, -0.1) is 10.2 Å². The molecule has 0 spiro atoms. The van der Waals surface area contributed by atoms with Crippen molar-refractivity contribution in [1.29, 1.82) is 0 Å². The Hall–Kier alpha value is -1.63. The van der Waals surface area contributed by atoms with Gasteiger partial charge in [-0.1, -0.05) is 11.8 Å². The number of hydrogen-bond donors (Lipinski definition) is 0. The maximum atomic E-state index is 11.7. The number of rotatable bonds is 3. The van der Waals surface area contributed by atoms with Crippen LogP contribution in [0.2, 0.25) is 0 Å². The highest BCUT2D eigenvalue weighted by Gasteiger charge is 2.18. The number of carbonyl (C=O) groups is 1. The van der Waals surface area contributed by atoms with Crippen LogP contribution in [0.3, 0.4) is 0 Å². The first kappa shape index (κ1) is 14.8. The van der Waals surface area contributed by atoms with Crippen LogP contribution >= 0.6 is 11.8 Å². The highest BCUT2D eigenvalue weighted by molar-refractivity contribution is 7.99. The van der Waals surface area contributed by atoms with Crippen molar-refractivity contribution in [1.82, 2.24) is 19.6 Å². The van der Waals surface area contributed by atoms with Crippen LogP contribution in [0.1, 0.15) is 32.2 Å². The molecule has 108 valence electrons. The van der Waals surface area contributed by atoms with Crippen molar-refractivity contribution >= 4 is 23.5 Å². The molecule has 0 aliphatic carbocycles. The SMILES string of the molecule is Cc1cc(C)n2c(SCC(=O)OC(C)(C)C)nnc2n1. The van der Waals surface area contributed by atoms with Gasteiger partial charge in [0.15, 0.2) is 5.16 Å². The molecule has 0 N–H and O–H groups in total. The van der Waals surface area contributed by atoms with E-state index in [0.29, 0.717) is 10.9 Å². The molecule has 0 bridgehead atoms. The summed E-state index contributed by atoms with van der Waals surface area (Å²) in [6, 6.07) is 1.95. The van der Waals surface area contributed by atoms with Gasteiger partial charge in [-0.05, 0) is 40.7 Å². The highest BCUT2D eigenvalue weighted by Crippen LogP contribution is 2.19. The van der Waals surface area contributed by atoms with Crippen LogP contribution in [0.5, 0.6) is 0 Å². The van der Waals surface area contributed by atoms with Gasteiger partial charge in [-0.25, -0.2) is 4.98 Å². The predicted octanol–water partition coefficient (Wildman–Crippen LogP) is 2.17. The zero-order valence-corrected chi connectivity index (χ0v) is 13.1. The van der Waals surface area contributed by atoms with Crippen LogP contribution < -0.4 is 0 Å². The van der Waals surface area contributed by atoms with E-state index in [-0.39, 0.29) is 11.7 Å². The Bertz CT molecular complexity index is 646. The van der Waals surface area contributed by atoms with E-state index in [1.54, 1.807) is 0 Å². The lowest BCUT2D eigenvalue weighted by Gasteiger charge is -2.19. The van der Waals surface area contributed by atoms with E-state index in [2.05, 4.69) is 15.2 Å². The van der Waals surface area contributed by atoms with Crippen LogP contribution in [-0.4, -0.2) is 36.9 Å². The molecule has 0 aromatic carbocycles. The summed E-state index contributed by atoms with van der Waals surface area (Å²) in [5.41, 5.74) is 1.41. The van der Waals surface area contributed by atoms with Crippen molar-refractivity contribution in [2.75, 3.05) is 5.75 Å². The predicted molar refractivity (Wildman–Crippen MR) is 76.8 cm³/mol. The first-order valence-electron chi connectivity index (χ1n) is 6.30. The zero-order chi connectivity index (χ0) is 14.9. The number of aryl methyl sites for hydroxylation is 2. The van der Waals surface area contributed by atoms with E-state index in [9.17, 15) is 4.79 Å². The van der Waals surface area contributed by atoms with Gasteiger partial charge in [0.1, 0.15) is 5.60 Å². The Balaban J connectivity index is 2.13. The molecule has 6 nitrogen and oxygen atoms in total. The fourth-order valence-corrected chi connectivity index (χ4v) is 2.55. The number of thioether (sulfide) groups is 1. The second-order valence-electron chi connectivity index (χ2n) is 5.53. The minimum absolute atomic E-state index is 0.200. The number of aromatic nitrogens is 4. The summed E-state index contributed by atoms with van der Waals surface area (Å²) >= 11 is 1.30. The molecule has 2 heterocycles. The van der Waals surface area contributed by atoms with Crippen LogP contribution in [0.15, 0.2) is 11.2 Å². The summed E-state index contributed by atoms with van der Waals surface area (Å²) in [6.45, 7) is 9.41. The standard InChI is InChI=1S/C13H18N4O2S/c1-8-6-9(2)17-11(14-8)15-16-12(17)20-7-10(18)19-13(3,4)5/h6H,7H2,1-5H3. The third-order valence-electron chi connectivity index (χ3n) is 2.40. The largest absolute Gasteiger partial charge is 0.459 e. The van der Waals surface area contributed by atoms with E-state index < -0.39 is 5.60 Å². The second-order valence-corrected chi connectivity index (χ2v) is 6.47. The summed E-state index contributed by atoms with van der Waals surface area (Å²) in [5, 5.41) is 8.74. The number of carbonyl (C=O) groups excluding carboxylic acids is 1. The van der Waals surface area contributed by atoms with E-state index >= 15 is 0 Å². The Kier molecular flexibility index (Phi) is 3.99. The second kappa shape index (κ2) is 5.40. The highest BCUT2D eigenvalue weighted by atomic mass is 32.2. The van der Waals surface area contributed by atoms with Gasteiger partial charge in [0, 0.05) is 11.4 Å². The molecule has 0 saturated heterocycles. The smallest absolute Gasteiger partial charge is 0.316 e. The molecule has 0 radical (unpaired) electrons. The van der Waals surface area contributed by atoms with E-state index in [1.165, 1.54) is 11.8 Å². The topological polar surface area (TPSA) is 69.4 Å². The summed E-state index contributed by atoms with van der Waals surface area (Å²) in [7, 11) is 0. The van der Waals surface area contributed by atoms with Crippen molar-refractivity contribution in [3.63, 3.8) is 0 Å². The molecule has 0 aliphatic heterocycles. The third kappa shape index (κ3) is 3.47. The fourth-order valence-electron chi connectivity index (χ4n) is 1.79. The number of hydrogen-bond acceptors (Lipinski definition) is 6. The molecule has 20 heavy (non-hydrogen) atoms. The summed E-state index contributed by atoms with van der Waals surface area (Å²) < 4.78 is 7.10. The van der Waals surface area contributed by atoms with E-state index in [0.717, 1.165) is 11.4 Å². The van der Waals surface area contributed by atoms with Crippen molar-refractivity contribution < 1.29 is 9.53 Å². The maximum Gasteiger partial charge on any atom is 0.316 e. The number of nitrogens with zero attached hydrogens (tertiary/aromatic N) is 4. The van der Waals surface area contributed by atoms with E-state index in [4.69, 9.17) is 4.74 Å². The third-order valence-corrected chi connectivity index (χ3v) is 3.30. The lowest BCUT2D eigenvalue weighted by Crippen LogP contribution is -2.25. The Morgan fingerprint density at radius 3 is 2.70 bits per heavy atom. The van der Waals surface area contributed by atoms with Gasteiger partial charge in [-0.2, -0.15) is 0 Å². The van der Waals surface area contributed by atoms with Crippen molar-refractivity contribution in [3.05, 3.63) is 17.5 Å². The first-order valence-corrected chi connectivity index (χ1v) is 7.29. The molecule has 0 fully saturated rings. The summed E-state index contributed by atoms with van der Waals surface area (Å²) in [5.74, 6) is 0.483. The molecule has 0 saturated carbocycles.